The molecule has 2 aromatic rings. The van der Waals surface area contributed by atoms with Crippen LogP contribution < -0.4 is 4.90 Å². The van der Waals surface area contributed by atoms with E-state index in [4.69, 9.17) is 5.11 Å². The molecule has 0 radical (unpaired) electrons. The number of carbonyl (C=O) groups is 2. The fourth-order valence-electron chi connectivity index (χ4n) is 2.94. The SMILES string of the molecule is CN(C)c1ccc(C(=O)N2CCc3cc(C(=O)O)ccc3C2)cc1. The number of carbonyl (C=O) groups excluding carboxylic acids is 1. The van der Waals surface area contributed by atoms with Crippen molar-refractivity contribution in [2.24, 2.45) is 0 Å². The molecule has 0 aromatic heterocycles. The fourth-order valence-corrected chi connectivity index (χ4v) is 2.94. The predicted molar refractivity (Wildman–Crippen MR) is 92.6 cm³/mol. The third kappa shape index (κ3) is 3.11. The molecule has 3 rings (SSSR count). The Morgan fingerprint density at radius 2 is 1.67 bits per heavy atom. The summed E-state index contributed by atoms with van der Waals surface area (Å²) < 4.78 is 0. The number of carboxylic acids is 1. The first-order valence-corrected chi connectivity index (χ1v) is 7.87. The summed E-state index contributed by atoms with van der Waals surface area (Å²) >= 11 is 0. The van der Waals surface area contributed by atoms with Gasteiger partial charge in [0.15, 0.2) is 0 Å². The maximum Gasteiger partial charge on any atom is 0.335 e. The number of nitrogens with zero attached hydrogens (tertiary/aromatic N) is 2. The quantitative estimate of drug-likeness (QED) is 0.943. The third-order valence-corrected chi connectivity index (χ3v) is 4.38. The van der Waals surface area contributed by atoms with Crippen LogP contribution in [0, 0.1) is 0 Å². The molecule has 0 atom stereocenters. The summed E-state index contributed by atoms with van der Waals surface area (Å²) in [6.07, 6.45) is 0.679. The average Bonchev–Trinajstić information content (AvgIpc) is 2.60. The van der Waals surface area contributed by atoms with Crippen molar-refractivity contribution in [3.05, 3.63) is 64.7 Å². The van der Waals surface area contributed by atoms with Crippen LogP contribution in [0.4, 0.5) is 5.69 Å². The first-order valence-electron chi connectivity index (χ1n) is 7.87. The van der Waals surface area contributed by atoms with Gasteiger partial charge in [-0.15, -0.1) is 0 Å². The van der Waals surface area contributed by atoms with Gasteiger partial charge in [0.1, 0.15) is 0 Å². The zero-order valence-corrected chi connectivity index (χ0v) is 13.8. The Hall–Kier alpha value is -2.82. The van der Waals surface area contributed by atoms with E-state index in [1.54, 1.807) is 12.1 Å². The van der Waals surface area contributed by atoms with Gasteiger partial charge in [-0.2, -0.15) is 0 Å². The number of aromatic carboxylic acids is 1. The van der Waals surface area contributed by atoms with Crippen LogP contribution in [0.1, 0.15) is 31.8 Å². The molecule has 1 aliphatic rings. The van der Waals surface area contributed by atoms with E-state index in [2.05, 4.69) is 0 Å². The van der Waals surface area contributed by atoms with Gasteiger partial charge in [-0.25, -0.2) is 4.79 Å². The Balaban J connectivity index is 1.77. The Morgan fingerprint density at radius 3 is 2.29 bits per heavy atom. The molecule has 5 nitrogen and oxygen atoms in total. The highest BCUT2D eigenvalue weighted by Crippen LogP contribution is 2.22. The summed E-state index contributed by atoms with van der Waals surface area (Å²) in [4.78, 5) is 27.5. The highest BCUT2D eigenvalue weighted by Gasteiger charge is 2.22. The number of benzene rings is 2. The zero-order chi connectivity index (χ0) is 17.3. The lowest BCUT2D eigenvalue weighted by molar-refractivity contribution is 0.0692. The molecule has 0 bridgehead atoms. The minimum Gasteiger partial charge on any atom is -0.478 e. The van der Waals surface area contributed by atoms with Crippen molar-refractivity contribution in [3.8, 4) is 0 Å². The molecule has 0 saturated heterocycles. The first kappa shape index (κ1) is 16.1. The summed E-state index contributed by atoms with van der Waals surface area (Å²) in [6.45, 7) is 1.12. The molecule has 1 aliphatic heterocycles. The summed E-state index contributed by atoms with van der Waals surface area (Å²) in [7, 11) is 3.92. The minimum atomic E-state index is -0.919. The van der Waals surface area contributed by atoms with Crippen LogP contribution in [0.15, 0.2) is 42.5 Å². The third-order valence-electron chi connectivity index (χ3n) is 4.38. The first-order chi connectivity index (χ1) is 11.5. The Bertz CT molecular complexity index is 782. The van der Waals surface area contributed by atoms with E-state index in [1.807, 2.05) is 54.2 Å². The van der Waals surface area contributed by atoms with Crippen LogP contribution in [-0.2, 0) is 13.0 Å². The largest absolute Gasteiger partial charge is 0.478 e. The summed E-state index contributed by atoms with van der Waals surface area (Å²) in [6, 6.07) is 12.7. The van der Waals surface area contributed by atoms with E-state index in [9.17, 15) is 9.59 Å². The maximum atomic E-state index is 12.7. The van der Waals surface area contributed by atoms with Crippen molar-refractivity contribution in [2.75, 3.05) is 25.5 Å². The van der Waals surface area contributed by atoms with Gasteiger partial charge in [0.2, 0.25) is 0 Å². The average molecular weight is 324 g/mol. The molecule has 24 heavy (non-hydrogen) atoms. The van der Waals surface area contributed by atoms with Crippen LogP contribution in [0.2, 0.25) is 0 Å². The second-order valence-electron chi connectivity index (χ2n) is 6.21. The van der Waals surface area contributed by atoms with Gasteiger partial charge in [-0.3, -0.25) is 4.79 Å². The van der Waals surface area contributed by atoms with Gasteiger partial charge in [0.05, 0.1) is 5.56 Å². The monoisotopic (exact) mass is 324 g/mol. The summed E-state index contributed by atoms with van der Waals surface area (Å²) in [5, 5.41) is 9.07. The van der Waals surface area contributed by atoms with E-state index in [1.165, 1.54) is 0 Å². The Kier molecular flexibility index (Phi) is 4.25. The van der Waals surface area contributed by atoms with Crippen LogP contribution >= 0.6 is 0 Å². The van der Waals surface area contributed by atoms with E-state index in [0.29, 0.717) is 30.6 Å². The van der Waals surface area contributed by atoms with Crippen LogP contribution in [0.5, 0.6) is 0 Å². The smallest absolute Gasteiger partial charge is 0.335 e. The molecule has 0 fully saturated rings. The molecule has 2 aromatic carbocycles. The molecule has 0 spiro atoms. The van der Waals surface area contributed by atoms with E-state index in [0.717, 1.165) is 16.8 Å². The molecule has 1 N–H and O–H groups in total. The number of rotatable bonds is 3. The molecule has 124 valence electrons. The van der Waals surface area contributed by atoms with Crippen molar-refractivity contribution in [2.45, 2.75) is 13.0 Å². The number of fused-ring (bicyclic) bond motifs is 1. The summed E-state index contributed by atoms with van der Waals surface area (Å²) in [5.74, 6) is -0.912. The van der Waals surface area contributed by atoms with E-state index < -0.39 is 5.97 Å². The van der Waals surface area contributed by atoms with Gasteiger partial charge in [0.25, 0.3) is 5.91 Å². The van der Waals surface area contributed by atoms with Crippen molar-refractivity contribution < 1.29 is 14.7 Å². The predicted octanol–water partition coefficient (Wildman–Crippen LogP) is 2.65. The second-order valence-corrected chi connectivity index (χ2v) is 6.21. The Labute approximate surface area is 141 Å². The summed E-state index contributed by atoms with van der Waals surface area (Å²) in [5.41, 5.74) is 4.06. The molecule has 1 amide bonds. The molecule has 5 heteroatoms. The van der Waals surface area contributed by atoms with E-state index >= 15 is 0 Å². The topological polar surface area (TPSA) is 60.9 Å². The standard InChI is InChI=1S/C19H20N2O3/c1-20(2)17-7-5-13(6-8-17)18(22)21-10-9-14-11-15(19(23)24)3-4-16(14)12-21/h3-8,11H,9-10,12H2,1-2H3,(H,23,24). The minimum absolute atomic E-state index is 0.00765. The molecular formula is C19H20N2O3. The molecule has 0 unspecified atom stereocenters. The van der Waals surface area contributed by atoms with E-state index in [-0.39, 0.29) is 5.91 Å². The number of hydrogen-bond acceptors (Lipinski definition) is 3. The molecule has 0 aliphatic carbocycles. The molecule has 1 heterocycles. The van der Waals surface area contributed by atoms with Crippen LogP contribution in [-0.4, -0.2) is 42.5 Å². The normalized spacial score (nSPS) is 13.3. The lowest BCUT2D eigenvalue weighted by Gasteiger charge is -2.29. The van der Waals surface area contributed by atoms with Crippen molar-refractivity contribution in [1.82, 2.24) is 4.90 Å². The van der Waals surface area contributed by atoms with Crippen molar-refractivity contribution >= 4 is 17.6 Å². The van der Waals surface area contributed by atoms with Gasteiger partial charge in [-0.05, 0) is 53.9 Å². The van der Waals surface area contributed by atoms with Crippen LogP contribution in [0.25, 0.3) is 0 Å². The lowest BCUT2D eigenvalue weighted by atomic mass is 9.96. The van der Waals surface area contributed by atoms with Crippen molar-refractivity contribution in [3.63, 3.8) is 0 Å². The maximum absolute atomic E-state index is 12.7. The van der Waals surface area contributed by atoms with Gasteiger partial charge in [0, 0.05) is 38.4 Å². The molecular weight excluding hydrogens is 304 g/mol. The zero-order valence-electron chi connectivity index (χ0n) is 13.8. The van der Waals surface area contributed by atoms with Gasteiger partial charge < -0.3 is 14.9 Å². The Morgan fingerprint density at radius 1 is 1.00 bits per heavy atom. The number of amides is 1. The number of carboxylic acid groups (broad SMARTS) is 1. The van der Waals surface area contributed by atoms with Crippen molar-refractivity contribution in [1.29, 1.82) is 0 Å². The molecule has 0 saturated carbocycles. The highest BCUT2D eigenvalue weighted by molar-refractivity contribution is 5.94. The van der Waals surface area contributed by atoms with Crippen LogP contribution in [0.3, 0.4) is 0 Å². The van der Waals surface area contributed by atoms with Gasteiger partial charge in [-0.1, -0.05) is 6.07 Å². The lowest BCUT2D eigenvalue weighted by Crippen LogP contribution is -2.36. The highest BCUT2D eigenvalue weighted by atomic mass is 16.4. The van der Waals surface area contributed by atoms with Gasteiger partial charge >= 0.3 is 5.97 Å². The number of anilines is 1. The second kappa shape index (κ2) is 6.35. The fraction of sp³-hybridized carbons (Fsp3) is 0.263. The number of hydrogen-bond donors (Lipinski definition) is 1.